The van der Waals surface area contributed by atoms with E-state index in [2.05, 4.69) is 21.8 Å². The van der Waals surface area contributed by atoms with E-state index in [1.807, 2.05) is 81.4 Å². The van der Waals surface area contributed by atoms with Crippen LogP contribution in [0.2, 0.25) is 0 Å². The zero-order valence-corrected chi connectivity index (χ0v) is 22.7. The third-order valence-electron chi connectivity index (χ3n) is 7.24. The van der Waals surface area contributed by atoms with Gasteiger partial charge in [0, 0.05) is 0 Å². The Morgan fingerprint density at radius 3 is 2.13 bits per heavy atom. The largest absolute Gasteiger partial charge is 0.468 e. The molecule has 0 aliphatic heterocycles. The smallest absolute Gasteiger partial charge is 0.412 e. The summed E-state index contributed by atoms with van der Waals surface area (Å²) in [4.78, 5) is 25.8. The van der Waals surface area contributed by atoms with Crippen LogP contribution in [-0.4, -0.2) is 23.5 Å². The molecule has 1 N–H and O–H groups in total. The van der Waals surface area contributed by atoms with Gasteiger partial charge in [0.15, 0.2) is 0 Å². The van der Waals surface area contributed by atoms with E-state index in [4.69, 9.17) is 9.47 Å². The first-order valence-corrected chi connectivity index (χ1v) is 13.4. The number of aromatic nitrogens is 1. The van der Waals surface area contributed by atoms with Crippen LogP contribution >= 0.6 is 11.5 Å². The van der Waals surface area contributed by atoms with Crippen molar-refractivity contribution in [3.05, 3.63) is 95.2 Å². The summed E-state index contributed by atoms with van der Waals surface area (Å²) in [6, 6.07) is 24.2. The molecule has 194 valence electrons. The van der Waals surface area contributed by atoms with Crippen LogP contribution in [0.5, 0.6) is 0 Å². The Morgan fingerprint density at radius 2 is 1.53 bits per heavy atom. The number of aryl methyl sites for hydroxylation is 2. The monoisotopic (exact) mass is 526 g/mol. The number of carbonyl (C=O) groups excluding carboxylic acids is 2. The summed E-state index contributed by atoms with van der Waals surface area (Å²) in [6.45, 7) is 5.74. The number of hydrogen-bond donors (Lipinski definition) is 1. The Morgan fingerprint density at radius 1 is 0.921 bits per heavy atom. The summed E-state index contributed by atoms with van der Waals surface area (Å²) in [5.74, 6) is -0.160. The molecule has 1 aromatic heterocycles. The van der Waals surface area contributed by atoms with Gasteiger partial charge in [-0.2, -0.15) is 4.37 Å². The molecule has 1 atom stereocenters. The average molecular weight is 527 g/mol. The van der Waals surface area contributed by atoms with Gasteiger partial charge in [0.05, 0.1) is 28.8 Å². The summed E-state index contributed by atoms with van der Waals surface area (Å²) in [5, 5.41) is 2.91. The van der Waals surface area contributed by atoms with Gasteiger partial charge >= 0.3 is 12.1 Å². The highest BCUT2D eigenvalue weighted by Crippen LogP contribution is 2.49. The molecule has 1 unspecified atom stereocenters. The molecule has 0 bridgehead atoms. The van der Waals surface area contributed by atoms with Crippen LogP contribution in [0.15, 0.2) is 72.8 Å². The van der Waals surface area contributed by atoms with Gasteiger partial charge in [0.2, 0.25) is 0 Å². The second-order valence-corrected chi connectivity index (χ2v) is 10.5. The quantitative estimate of drug-likeness (QED) is 0.251. The predicted octanol–water partition coefficient (Wildman–Crippen LogP) is 7.61. The maximum atomic E-state index is 12.8. The fourth-order valence-corrected chi connectivity index (χ4v) is 5.69. The van der Waals surface area contributed by atoms with Gasteiger partial charge in [-0.25, -0.2) is 4.79 Å². The van der Waals surface area contributed by atoms with Crippen molar-refractivity contribution in [2.45, 2.75) is 45.1 Å². The van der Waals surface area contributed by atoms with Crippen molar-refractivity contribution in [2.75, 3.05) is 12.4 Å². The van der Waals surface area contributed by atoms with Crippen LogP contribution in [0.3, 0.4) is 0 Å². The van der Waals surface area contributed by atoms with Crippen molar-refractivity contribution < 1.29 is 19.1 Å². The third-order valence-corrected chi connectivity index (χ3v) is 8.23. The normalized spacial score (nSPS) is 14.4. The summed E-state index contributed by atoms with van der Waals surface area (Å²) in [6.07, 6.45) is 0.773. The minimum absolute atomic E-state index is 0.160. The summed E-state index contributed by atoms with van der Waals surface area (Å²) in [7, 11) is 1.44. The minimum atomic E-state index is -0.512. The van der Waals surface area contributed by atoms with Crippen molar-refractivity contribution >= 4 is 29.3 Å². The number of esters is 1. The number of nitrogens with zero attached hydrogens (tertiary/aromatic N) is 1. The van der Waals surface area contributed by atoms with Crippen LogP contribution in [0, 0.1) is 13.8 Å². The van der Waals surface area contributed by atoms with Gasteiger partial charge in [-0.3, -0.25) is 10.1 Å². The molecule has 1 aliphatic rings. The predicted molar refractivity (Wildman–Crippen MR) is 150 cm³/mol. The van der Waals surface area contributed by atoms with E-state index in [1.54, 1.807) is 0 Å². The lowest BCUT2D eigenvalue weighted by atomic mass is 9.93. The van der Waals surface area contributed by atoms with Gasteiger partial charge in [0.25, 0.3) is 0 Å². The van der Waals surface area contributed by atoms with Crippen molar-refractivity contribution in [1.82, 2.24) is 4.37 Å². The maximum Gasteiger partial charge on any atom is 0.412 e. The number of methoxy groups -OCH3 is 1. The molecular weight excluding hydrogens is 496 g/mol. The van der Waals surface area contributed by atoms with E-state index < -0.39 is 11.5 Å². The zero-order valence-electron chi connectivity index (χ0n) is 21.9. The topological polar surface area (TPSA) is 77.5 Å². The highest BCUT2D eigenvalue weighted by Gasteiger charge is 2.52. The number of hydrogen-bond acceptors (Lipinski definition) is 6. The second kappa shape index (κ2) is 10.4. The van der Waals surface area contributed by atoms with E-state index in [-0.39, 0.29) is 12.1 Å². The summed E-state index contributed by atoms with van der Waals surface area (Å²) in [5.41, 5.74) is 7.07. The SMILES string of the molecule is COC(=O)C1(c2ccc(-c3ccc(-c4snc(C)c4NC(=O)OC(C)c4ccccc4C)cc3)cc2)CC1. The van der Waals surface area contributed by atoms with Gasteiger partial charge in [-0.05, 0) is 78.5 Å². The van der Waals surface area contributed by atoms with Crippen LogP contribution < -0.4 is 5.32 Å². The minimum Gasteiger partial charge on any atom is -0.468 e. The third kappa shape index (κ3) is 4.94. The lowest BCUT2D eigenvalue weighted by Crippen LogP contribution is -2.21. The van der Waals surface area contributed by atoms with E-state index >= 15 is 0 Å². The number of nitrogens with one attached hydrogen (secondary N) is 1. The highest BCUT2D eigenvalue weighted by atomic mass is 32.1. The lowest BCUT2D eigenvalue weighted by molar-refractivity contribution is -0.143. The van der Waals surface area contributed by atoms with Gasteiger partial charge in [-0.1, -0.05) is 72.8 Å². The molecule has 5 rings (SSSR count). The molecule has 0 saturated heterocycles. The molecule has 0 spiro atoms. The molecule has 1 saturated carbocycles. The van der Waals surface area contributed by atoms with E-state index in [1.165, 1.54) is 18.6 Å². The van der Waals surface area contributed by atoms with Crippen LogP contribution in [-0.2, 0) is 19.7 Å². The molecule has 7 heteroatoms. The molecular formula is C31H30N2O4S. The number of anilines is 1. The summed E-state index contributed by atoms with van der Waals surface area (Å²) < 4.78 is 15.1. The Hall–Kier alpha value is -3.97. The number of carbonyl (C=O) groups is 2. The Labute approximate surface area is 226 Å². The number of benzene rings is 3. The molecule has 1 fully saturated rings. The van der Waals surface area contributed by atoms with Crippen molar-refractivity contribution in [3.63, 3.8) is 0 Å². The zero-order chi connectivity index (χ0) is 26.9. The van der Waals surface area contributed by atoms with Crippen LogP contribution in [0.4, 0.5) is 10.5 Å². The molecule has 3 aromatic carbocycles. The number of rotatable bonds is 7. The Kier molecular flexibility index (Phi) is 7.04. The molecule has 4 aromatic rings. The van der Waals surface area contributed by atoms with E-state index in [0.29, 0.717) is 5.69 Å². The number of ether oxygens (including phenoxy) is 2. The molecule has 38 heavy (non-hydrogen) atoms. The maximum absolute atomic E-state index is 12.8. The summed E-state index contributed by atoms with van der Waals surface area (Å²) >= 11 is 1.34. The lowest BCUT2D eigenvalue weighted by Gasteiger charge is -2.16. The van der Waals surface area contributed by atoms with Crippen LogP contribution in [0.25, 0.3) is 21.6 Å². The van der Waals surface area contributed by atoms with Crippen LogP contribution in [0.1, 0.15) is 48.3 Å². The second-order valence-electron chi connectivity index (χ2n) is 9.73. The molecule has 1 amide bonds. The standard InChI is InChI=1S/C31H30N2O4S/c1-19-7-5-6-8-26(19)21(3)37-30(35)32-27-20(2)33-38-28(27)24-11-9-22(10-12-24)23-13-15-25(16-14-23)31(17-18-31)29(34)36-4/h5-16,21H,17-18H2,1-4H3,(H,32,35). The molecule has 6 nitrogen and oxygen atoms in total. The fraction of sp³-hybridized carbons (Fsp3) is 0.258. The first kappa shape index (κ1) is 25.7. The Bertz CT molecular complexity index is 1470. The highest BCUT2D eigenvalue weighted by molar-refractivity contribution is 7.10. The van der Waals surface area contributed by atoms with Crippen molar-refractivity contribution in [1.29, 1.82) is 0 Å². The van der Waals surface area contributed by atoms with Gasteiger partial charge in [-0.15, -0.1) is 0 Å². The fourth-order valence-electron chi connectivity index (χ4n) is 4.84. The number of amides is 1. The first-order valence-electron chi connectivity index (χ1n) is 12.6. The van der Waals surface area contributed by atoms with Crippen molar-refractivity contribution in [2.24, 2.45) is 0 Å². The Balaban J connectivity index is 1.30. The van der Waals surface area contributed by atoms with E-state index in [9.17, 15) is 9.59 Å². The molecule has 1 heterocycles. The van der Waals surface area contributed by atoms with E-state index in [0.717, 1.165) is 56.8 Å². The van der Waals surface area contributed by atoms with Gasteiger partial charge < -0.3 is 9.47 Å². The molecule has 0 radical (unpaired) electrons. The average Bonchev–Trinajstić information content (AvgIpc) is 3.67. The molecule has 1 aliphatic carbocycles. The first-order chi connectivity index (χ1) is 18.3. The van der Waals surface area contributed by atoms with Crippen molar-refractivity contribution in [3.8, 4) is 21.6 Å². The van der Waals surface area contributed by atoms with Gasteiger partial charge in [0.1, 0.15) is 6.10 Å².